The third-order valence-electron chi connectivity index (χ3n) is 3.96. The van der Waals surface area contributed by atoms with Gasteiger partial charge in [-0.3, -0.25) is 9.36 Å². The number of carbonyl (C=O) groups is 1. The summed E-state index contributed by atoms with van der Waals surface area (Å²) in [6, 6.07) is 10.5. The summed E-state index contributed by atoms with van der Waals surface area (Å²) in [6.45, 7) is 3.75. The van der Waals surface area contributed by atoms with Gasteiger partial charge in [-0.1, -0.05) is 35.5 Å². The van der Waals surface area contributed by atoms with E-state index in [4.69, 9.17) is 11.6 Å². The predicted octanol–water partition coefficient (Wildman–Crippen LogP) is 5.29. The predicted molar refractivity (Wildman–Crippen MR) is 107 cm³/mol. The fourth-order valence-electron chi connectivity index (χ4n) is 2.61. The Morgan fingerprint density at radius 1 is 1.17 bits per heavy atom. The molecule has 0 bridgehead atoms. The molecule has 3 rings (SSSR count). The van der Waals surface area contributed by atoms with Crippen LogP contribution < -0.4 is 5.32 Å². The molecule has 0 atom stereocenters. The molecule has 2 aromatic carbocycles. The lowest BCUT2D eigenvalue weighted by atomic mass is 10.2. The normalized spacial score (nSPS) is 11.5. The quantitative estimate of drug-likeness (QED) is 0.548. The SMILES string of the molecule is Cc1cccc(-n2c(C)nnc2SCC(=O)Nc2cc(C(F)(F)F)ccc2Cl)c1. The zero-order valence-corrected chi connectivity index (χ0v) is 17.0. The number of benzene rings is 2. The first-order valence-corrected chi connectivity index (χ1v) is 9.80. The van der Waals surface area contributed by atoms with Crippen molar-refractivity contribution in [1.82, 2.24) is 14.8 Å². The highest BCUT2D eigenvalue weighted by molar-refractivity contribution is 7.99. The minimum Gasteiger partial charge on any atom is -0.324 e. The number of amides is 1. The molecule has 10 heteroatoms. The second-order valence-electron chi connectivity index (χ2n) is 6.23. The lowest BCUT2D eigenvalue weighted by Crippen LogP contribution is -2.16. The summed E-state index contributed by atoms with van der Waals surface area (Å²) < 4.78 is 40.4. The van der Waals surface area contributed by atoms with Crippen LogP contribution in [0, 0.1) is 13.8 Å². The summed E-state index contributed by atoms with van der Waals surface area (Å²) in [7, 11) is 0. The van der Waals surface area contributed by atoms with Crippen molar-refractivity contribution in [1.29, 1.82) is 0 Å². The number of hydrogen-bond donors (Lipinski definition) is 1. The molecule has 1 aromatic heterocycles. The van der Waals surface area contributed by atoms with Gasteiger partial charge < -0.3 is 5.32 Å². The molecule has 3 aromatic rings. The fourth-order valence-corrected chi connectivity index (χ4v) is 3.58. The number of aromatic nitrogens is 3. The summed E-state index contributed by atoms with van der Waals surface area (Å²) >= 11 is 7.04. The van der Waals surface area contributed by atoms with Crippen molar-refractivity contribution >= 4 is 35.0 Å². The number of rotatable bonds is 5. The van der Waals surface area contributed by atoms with Crippen LogP contribution >= 0.6 is 23.4 Å². The average molecular weight is 441 g/mol. The molecule has 1 N–H and O–H groups in total. The molecule has 5 nitrogen and oxygen atoms in total. The van der Waals surface area contributed by atoms with Crippen molar-refractivity contribution in [3.05, 3.63) is 64.4 Å². The van der Waals surface area contributed by atoms with Gasteiger partial charge in [0.1, 0.15) is 5.82 Å². The topological polar surface area (TPSA) is 59.8 Å². The largest absolute Gasteiger partial charge is 0.416 e. The summed E-state index contributed by atoms with van der Waals surface area (Å²) in [6.07, 6.45) is -4.53. The van der Waals surface area contributed by atoms with E-state index in [1.54, 1.807) is 6.92 Å². The zero-order valence-electron chi connectivity index (χ0n) is 15.4. The molecule has 0 saturated heterocycles. The second kappa shape index (κ2) is 8.46. The average Bonchev–Trinajstić information content (AvgIpc) is 3.01. The molecule has 0 radical (unpaired) electrons. The first-order valence-electron chi connectivity index (χ1n) is 8.43. The molecule has 152 valence electrons. The van der Waals surface area contributed by atoms with Gasteiger partial charge in [-0.2, -0.15) is 13.2 Å². The van der Waals surface area contributed by atoms with Crippen molar-refractivity contribution in [3.63, 3.8) is 0 Å². The van der Waals surface area contributed by atoms with Crippen LogP contribution in [-0.4, -0.2) is 26.4 Å². The van der Waals surface area contributed by atoms with Gasteiger partial charge >= 0.3 is 6.18 Å². The molecule has 29 heavy (non-hydrogen) atoms. The molecule has 0 saturated carbocycles. The zero-order chi connectivity index (χ0) is 21.2. The minimum atomic E-state index is -4.53. The number of hydrogen-bond acceptors (Lipinski definition) is 4. The molecular weight excluding hydrogens is 425 g/mol. The summed E-state index contributed by atoms with van der Waals surface area (Å²) in [4.78, 5) is 12.3. The summed E-state index contributed by atoms with van der Waals surface area (Å²) in [5.74, 6) is 0.0726. The van der Waals surface area contributed by atoms with E-state index in [1.165, 1.54) is 0 Å². The molecule has 1 amide bonds. The van der Waals surface area contributed by atoms with Crippen molar-refractivity contribution in [2.24, 2.45) is 0 Å². The number of halogens is 4. The van der Waals surface area contributed by atoms with Gasteiger partial charge in [-0.25, -0.2) is 0 Å². The maximum Gasteiger partial charge on any atom is 0.416 e. The van der Waals surface area contributed by atoms with E-state index >= 15 is 0 Å². The van der Waals surface area contributed by atoms with Crippen molar-refractivity contribution in [2.75, 3.05) is 11.1 Å². The monoisotopic (exact) mass is 440 g/mol. The maximum absolute atomic E-state index is 12.9. The first-order chi connectivity index (χ1) is 13.6. The van der Waals surface area contributed by atoms with E-state index in [0.717, 1.165) is 41.2 Å². The number of alkyl halides is 3. The van der Waals surface area contributed by atoms with E-state index < -0.39 is 17.6 Å². The highest BCUT2D eigenvalue weighted by Gasteiger charge is 2.31. The Hall–Kier alpha value is -2.52. The van der Waals surface area contributed by atoms with Crippen LogP contribution in [-0.2, 0) is 11.0 Å². The Labute approximate surface area is 174 Å². The molecule has 0 aliphatic rings. The molecule has 0 spiro atoms. The van der Waals surface area contributed by atoms with E-state index in [2.05, 4.69) is 15.5 Å². The van der Waals surface area contributed by atoms with E-state index in [0.29, 0.717) is 11.0 Å². The first kappa shape index (κ1) is 21.2. The molecule has 0 aliphatic carbocycles. The van der Waals surface area contributed by atoms with Gasteiger partial charge in [0.05, 0.1) is 22.0 Å². The van der Waals surface area contributed by atoms with E-state index in [9.17, 15) is 18.0 Å². The van der Waals surface area contributed by atoms with Crippen LogP contribution in [0.25, 0.3) is 5.69 Å². The number of thioether (sulfide) groups is 1. The molecule has 0 fully saturated rings. The summed E-state index contributed by atoms with van der Waals surface area (Å²) in [5, 5.41) is 11.1. The second-order valence-corrected chi connectivity index (χ2v) is 7.58. The van der Waals surface area contributed by atoms with Crippen molar-refractivity contribution < 1.29 is 18.0 Å². The standard InChI is InChI=1S/C19H16ClF3N4OS/c1-11-4-3-5-14(8-11)27-12(2)25-26-18(27)29-10-17(28)24-16-9-13(19(21,22)23)6-7-15(16)20/h3-9H,10H2,1-2H3,(H,24,28). The van der Waals surface area contributed by atoms with Crippen LogP contribution in [0.15, 0.2) is 47.6 Å². The molecule has 1 heterocycles. The molecule has 0 aliphatic heterocycles. The third kappa shape index (κ3) is 5.10. The highest BCUT2D eigenvalue weighted by Crippen LogP contribution is 2.34. The highest BCUT2D eigenvalue weighted by atomic mass is 35.5. The third-order valence-corrected chi connectivity index (χ3v) is 5.21. The number of aryl methyl sites for hydroxylation is 2. The Bertz CT molecular complexity index is 1050. The Kier molecular flexibility index (Phi) is 6.18. The Morgan fingerprint density at radius 3 is 2.62 bits per heavy atom. The lowest BCUT2D eigenvalue weighted by molar-refractivity contribution is -0.137. The van der Waals surface area contributed by atoms with Gasteiger partial charge in [-0.05, 0) is 49.7 Å². The Morgan fingerprint density at radius 2 is 1.93 bits per heavy atom. The van der Waals surface area contributed by atoms with Crippen LogP contribution in [0.3, 0.4) is 0 Å². The number of carbonyl (C=O) groups excluding carboxylic acids is 1. The van der Waals surface area contributed by atoms with Crippen molar-refractivity contribution in [2.45, 2.75) is 25.2 Å². The smallest absolute Gasteiger partial charge is 0.324 e. The van der Waals surface area contributed by atoms with Crippen LogP contribution in [0.2, 0.25) is 5.02 Å². The molecular formula is C19H16ClF3N4OS. The molecule has 0 unspecified atom stereocenters. The minimum absolute atomic E-state index is 0.0233. The van der Waals surface area contributed by atoms with E-state index in [-0.39, 0.29) is 16.5 Å². The number of nitrogens with zero attached hydrogens (tertiary/aromatic N) is 3. The number of anilines is 1. The maximum atomic E-state index is 12.9. The van der Waals surface area contributed by atoms with Crippen LogP contribution in [0.5, 0.6) is 0 Å². The lowest BCUT2D eigenvalue weighted by Gasteiger charge is -2.12. The fraction of sp³-hybridized carbons (Fsp3) is 0.211. The van der Waals surface area contributed by atoms with Crippen molar-refractivity contribution in [3.8, 4) is 5.69 Å². The van der Waals surface area contributed by atoms with Gasteiger partial charge in [0.2, 0.25) is 5.91 Å². The van der Waals surface area contributed by atoms with Gasteiger partial charge in [0.25, 0.3) is 0 Å². The number of nitrogens with one attached hydrogen (secondary N) is 1. The van der Waals surface area contributed by atoms with Gasteiger partial charge in [0.15, 0.2) is 5.16 Å². The van der Waals surface area contributed by atoms with Gasteiger partial charge in [-0.15, -0.1) is 10.2 Å². The van der Waals surface area contributed by atoms with Gasteiger partial charge in [0, 0.05) is 5.69 Å². The van der Waals surface area contributed by atoms with E-state index in [1.807, 2.05) is 35.8 Å². The Balaban J connectivity index is 1.73. The van der Waals surface area contributed by atoms with Crippen LogP contribution in [0.1, 0.15) is 17.0 Å². The summed E-state index contributed by atoms with van der Waals surface area (Å²) in [5.41, 5.74) is 0.933. The van der Waals surface area contributed by atoms with Crippen LogP contribution in [0.4, 0.5) is 18.9 Å².